The molecule has 1 amide bonds. The molecule has 1 saturated carbocycles. The zero-order valence-electron chi connectivity index (χ0n) is 17.2. The molecule has 0 bridgehead atoms. The molecule has 0 radical (unpaired) electrons. The Morgan fingerprint density at radius 1 is 1.25 bits per heavy atom. The average molecular weight is 453 g/mol. The summed E-state index contributed by atoms with van der Waals surface area (Å²) in [6.45, 7) is -0.734. The van der Waals surface area contributed by atoms with Gasteiger partial charge < -0.3 is 14.8 Å². The van der Waals surface area contributed by atoms with Crippen LogP contribution in [-0.4, -0.2) is 41.5 Å². The number of rotatable bonds is 11. The van der Waals surface area contributed by atoms with Crippen molar-refractivity contribution >= 4 is 17.3 Å². The Balaban J connectivity index is 1.71. The van der Waals surface area contributed by atoms with Crippen molar-refractivity contribution in [1.82, 2.24) is 4.90 Å². The van der Waals surface area contributed by atoms with Crippen molar-refractivity contribution in [3.8, 4) is 11.5 Å². The number of nitro groups is 1. The first-order chi connectivity index (χ1) is 15.3. The first-order valence-electron chi connectivity index (χ1n) is 9.95. The second kappa shape index (κ2) is 10.3. The largest absolute Gasteiger partial charge is 0.490 e. The molecule has 2 aromatic rings. The first-order valence-corrected chi connectivity index (χ1v) is 9.95. The highest BCUT2D eigenvalue weighted by Crippen LogP contribution is 2.33. The quantitative estimate of drug-likeness (QED) is 0.402. The fourth-order valence-electron chi connectivity index (χ4n) is 3.24. The lowest BCUT2D eigenvalue weighted by atomic mass is 10.1. The van der Waals surface area contributed by atoms with Crippen molar-refractivity contribution in [3.05, 3.63) is 57.9 Å². The summed E-state index contributed by atoms with van der Waals surface area (Å²) in [5.74, 6) is -1.18. The standard InChI is InChI=1S/C21H22F3N3O5/c1-2-31-19-9-13(3-8-18(19)32-21(23)24)11-26(15-5-6-15)12-20(28)25-16-7-4-14(22)10-17(16)27(29)30/h3-4,7-10,15,21H,2,5-6,11-12H2,1H3,(H,25,28). The van der Waals surface area contributed by atoms with Gasteiger partial charge in [-0.3, -0.25) is 19.8 Å². The number of benzene rings is 2. The highest BCUT2D eigenvalue weighted by Gasteiger charge is 2.31. The molecule has 0 heterocycles. The molecule has 1 aliphatic rings. The summed E-state index contributed by atoms with van der Waals surface area (Å²) in [7, 11) is 0. The molecule has 1 fully saturated rings. The van der Waals surface area contributed by atoms with Gasteiger partial charge in [0.25, 0.3) is 5.69 Å². The second-order valence-corrected chi connectivity index (χ2v) is 7.20. The number of nitrogens with one attached hydrogen (secondary N) is 1. The van der Waals surface area contributed by atoms with Gasteiger partial charge in [0, 0.05) is 12.6 Å². The van der Waals surface area contributed by atoms with Gasteiger partial charge in [0.2, 0.25) is 5.91 Å². The Bertz CT molecular complexity index is 985. The van der Waals surface area contributed by atoms with Gasteiger partial charge in [-0.1, -0.05) is 6.07 Å². The molecule has 32 heavy (non-hydrogen) atoms. The van der Waals surface area contributed by atoms with Gasteiger partial charge in [0.15, 0.2) is 11.5 Å². The molecule has 0 spiro atoms. The molecule has 3 rings (SSSR count). The molecule has 0 aromatic heterocycles. The number of carbonyl (C=O) groups is 1. The number of alkyl halides is 2. The lowest BCUT2D eigenvalue weighted by Crippen LogP contribution is -2.34. The minimum absolute atomic E-state index is 0.0571. The van der Waals surface area contributed by atoms with Crippen molar-refractivity contribution in [1.29, 1.82) is 0 Å². The third-order valence-electron chi connectivity index (χ3n) is 4.75. The third-order valence-corrected chi connectivity index (χ3v) is 4.75. The van der Waals surface area contributed by atoms with Crippen molar-refractivity contribution < 1.29 is 32.4 Å². The molecule has 1 aliphatic carbocycles. The fourth-order valence-corrected chi connectivity index (χ4v) is 3.24. The van der Waals surface area contributed by atoms with E-state index < -0.39 is 28.9 Å². The summed E-state index contributed by atoms with van der Waals surface area (Å²) in [6.07, 6.45) is 1.77. The van der Waals surface area contributed by atoms with E-state index in [2.05, 4.69) is 10.1 Å². The van der Waals surface area contributed by atoms with Crippen LogP contribution >= 0.6 is 0 Å². The number of ether oxygens (including phenoxy) is 2. The van der Waals surface area contributed by atoms with Crippen molar-refractivity contribution in [2.24, 2.45) is 0 Å². The van der Waals surface area contributed by atoms with Crippen molar-refractivity contribution in [3.63, 3.8) is 0 Å². The topological polar surface area (TPSA) is 93.9 Å². The number of carbonyl (C=O) groups excluding carboxylic acids is 1. The second-order valence-electron chi connectivity index (χ2n) is 7.20. The molecule has 0 aliphatic heterocycles. The average Bonchev–Trinajstić information content (AvgIpc) is 3.56. The van der Waals surface area contributed by atoms with E-state index in [1.54, 1.807) is 19.1 Å². The molecular formula is C21H22F3N3O5. The predicted octanol–water partition coefficient (Wildman–Crippen LogP) is 4.34. The molecule has 172 valence electrons. The first kappa shape index (κ1) is 23.3. The van der Waals surface area contributed by atoms with Crippen LogP contribution in [0.4, 0.5) is 24.5 Å². The van der Waals surface area contributed by atoms with E-state index >= 15 is 0 Å². The SMILES string of the molecule is CCOc1cc(CN(CC(=O)Nc2ccc(F)cc2[N+](=O)[O-])C2CC2)ccc1OC(F)F. The summed E-state index contributed by atoms with van der Waals surface area (Å²) in [6, 6.07) is 7.64. The van der Waals surface area contributed by atoms with Crippen molar-refractivity contribution in [2.75, 3.05) is 18.5 Å². The lowest BCUT2D eigenvalue weighted by Gasteiger charge is -2.22. The van der Waals surface area contributed by atoms with Crippen LogP contribution in [0.25, 0.3) is 0 Å². The smallest absolute Gasteiger partial charge is 0.387 e. The van der Waals surface area contributed by atoms with Gasteiger partial charge in [-0.2, -0.15) is 8.78 Å². The maximum Gasteiger partial charge on any atom is 0.387 e. The summed E-state index contributed by atoms with van der Waals surface area (Å²) in [4.78, 5) is 24.8. The van der Waals surface area contributed by atoms with Gasteiger partial charge in [-0.25, -0.2) is 4.39 Å². The normalized spacial score (nSPS) is 13.3. The monoisotopic (exact) mass is 453 g/mol. The van der Waals surface area contributed by atoms with Gasteiger partial charge in [-0.05, 0) is 49.6 Å². The molecule has 1 N–H and O–H groups in total. The predicted molar refractivity (Wildman–Crippen MR) is 109 cm³/mol. The molecule has 0 unspecified atom stereocenters. The number of halogens is 3. The highest BCUT2D eigenvalue weighted by molar-refractivity contribution is 5.94. The van der Waals surface area contributed by atoms with Crippen LogP contribution in [0.2, 0.25) is 0 Å². The van der Waals surface area contributed by atoms with Gasteiger partial charge >= 0.3 is 6.61 Å². The van der Waals surface area contributed by atoms with Crippen LogP contribution in [-0.2, 0) is 11.3 Å². The Morgan fingerprint density at radius 3 is 2.62 bits per heavy atom. The summed E-state index contributed by atoms with van der Waals surface area (Å²) in [5.41, 5.74) is 0.0964. The third kappa shape index (κ3) is 6.33. The lowest BCUT2D eigenvalue weighted by molar-refractivity contribution is -0.384. The number of nitro benzene ring substituents is 1. The Kier molecular flexibility index (Phi) is 7.52. The van der Waals surface area contributed by atoms with E-state index in [1.807, 2.05) is 4.90 Å². The molecular weight excluding hydrogens is 431 g/mol. The van der Waals surface area contributed by atoms with E-state index in [1.165, 1.54) is 6.07 Å². The molecule has 0 atom stereocenters. The van der Waals surface area contributed by atoms with Gasteiger partial charge in [0.05, 0.1) is 24.1 Å². The molecule has 8 nitrogen and oxygen atoms in total. The molecule has 0 saturated heterocycles. The maximum absolute atomic E-state index is 13.3. The zero-order chi connectivity index (χ0) is 23.3. The number of hydrogen-bond donors (Lipinski definition) is 1. The van der Waals surface area contributed by atoms with Crippen LogP contribution in [0.3, 0.4) is 0 Å². The number of nitrogens with zero attached hydrogens (tertiary/aromatic N) is 2. The van der Waals surface area contributed by atoms with Gasteiger partial charge in [-0.15, -0.1) is 0 Å². The molecule has 2 aromatic carbocycles. The Labute approximate surface area is 182 Å². The minimum atomic E-state index is -2.98. The Morgan fingerprint density at radius 2 is 2.00 bits per heavy atom. The number of anilines is 1. The van der Waals surface area contributed by atoms with E-state index in [-0.39, 0.29) is 36.4 Å². The Hall–Kier alpha value is -3.34. The van der Waals surface area contributed by atoms with Crippen molar-refractivity contribution in [2.45, 2.75) is 39.0 Å². The van der Waals surface area contributed by atoms with Crippen LogP contribution in [0, 0.1) is 15.9 Å². The van der Waals surface area contributed by atoms with Crippen LogP contribution in [0.5, 0.6) is 11.5 Å². The highest BCUT2D eigenvalue weighted by atomic mass is 19.3. The van der Waals surface area contributed by atoms with Crippen LogP contribution < -0.4 is 14.8 Å². The maximum atomic E-state index is 13.3. The van der Waals surface area contributed by atoms with Crippen LogP contribution in [0.15, 0.2) is 36.4 Å². The number of amides is 1. The summed E-state index contributed by atoms with van der Waals surface area (Å²) < 4.78 is 48.4. The fraction of sp³-hybridized carbons (Fsp3) is 0.381. The van der Waals surface area contributed by atoms with Gasteiger partial charge in [0.1, 0.15) is 11.5 Å². The van der Waals surface area contributed by atoms with E-state index in [4.69, 9.17) is 4.74 Å². The summed E-state index contributed by atoms with van der Waals surface area (Å²) >= 11 is 0. The zero-order valence-corrected chi connectivity index (χ0v) is 17.2. The van der Waals surface area contributed by atoms with E-state index in [9.17, 15) is 28.1 Å². The van der Waals surface area contributed by atoms with E-state index in [0.29, 0.717) is 6.54 Å². The van der Waals surface area contributed by atoms with E-state index in [0.717, 1.165) is 36.6 Å². The summed E-state index contributed by atoms with van der Waals surface area (Å²) in [5, 5.41) is 13.6. The minimum Gasteiger partial charge on any atom is -0.490 e. The van der Waals surface area contributed by atoms with Crippen LogP contribution in [0.1, 0.15) is 25.3 Å². The number of hydrogen-bond acceptors (Lipinski definition) is 6. The molecule has 11 heteroatoms.